The van der Waals surface area contributed by atoms with Crippen molar-refractivity contribution >= 4 is 17.3 Å². The molecule has 27 heavy (non-hydrogen) atoms. The van der Waals surface area contributed by atoms with Crippen molar-refractivity contribution in [3.8, 4) is 0 Å². The Morgan fingerprint density at radius 1 is 1.33 bits per heavy atom. The molecule has 0 saturated heterocycles. The molecule has 0 aliphatic rings. The van der Waals surface area contributed by atoms with Gasteiger partial charge in [-0.25, -0.2) is 14.3 Å². The highest BCUT2D eigenvalue weighted by Gasteiger charge is 2.17. The molecule has 0 aliphatic carbocycles. The molecule has 0 bridgehead atoms. The van der Waals surface area contributed by atoms with E-state index in [-0.39, 0.29) is 23.4 Å². The summed E-state index contributed by atoms with van der Waals surface area (Å²) in [6.07, 6.45) is 1.45. The number of carbonyl (C=O) groups is 1. The predicted molar refractivity (Wildman–Crippen MR) is 104 cm³/mol. The highest BCUT2D eigenvalue weighted by atomic mass is 16.5. The van der Waals surface area contributed by atoms with Crippen LogP contribution < -0.4 is 10.5 Å². The molecule has 0 atom stereocenters. The van der Waals surface area contributed by atoms with E-state index in [9.17, 15) is 9.59 Å². The number of nitrogens with zero attached hydrogens (tertiary/aromatic N) is 3. The van der Waals surface area contributed by atoms with Crippen molar-refractivity contribution in [2.45, 2.75) is 33.2 Å². The molecule has 3 aromatic rings. The summed E-state index contributed by atoms with van der Waals surface area (Å²) in [6, 6.07) is 9.76. The first-order chi connectivity index (χ1) is 12.9. The Labute approximate surface area is 157 Å². The van der Waals surface area contributed by atoms with E-state index in [0.29, 0.717) is 18.2 Å². The second kappa shape index (κ2) is 7.65. The van der Waals surface area contributed by atoms with Crippen LogP contribution in [0.1, 0.15) is 48.3 Å². The Morgan fingerprint density at radius 3 is 2.81 bits per heavy atom. The predicted octanol–water partition coefficient (Wildman–Crippen LogP) is 2.96. The molecule has 1 aromatic carbocycles. The zero-order chi connectivity index (χ0) is 19.6. The normalized spacial score (nSPS) is 11.1. The lowest BCUT2D eigenvalue weighted by molar-refractivity contribution is 0.0528. The minimum atomic E-state index is -0.502. The molecule has 7 heteroatoms. The molecule has 0 amide bonds. The van der Waals surface area contributed by atoms with Crippen molar-refractivity contribution in [3.63, 3.8) is 0 Å². The summed E-state index contributed by atoms with van der Waals surface area (Å²) in [5, 5.41) is 2.76. The number of ether oxygens (including phenoxy) is 1. The van der Waals surface area contributed by atoms with Crippen LogP contribution in [0.25, 0.3) is 5.65 Å². The molecule has 0 aliphatic heterocycles. The van der Waals surface area contributed by atoms with Crippen LogP contribution in [0.3, 0.4) is 0 Å². The van der Waals surface area contributed by atoms with Gasteiger partial charge in [0.2, 0.25) is 0 Å². The second-order valence-corrected chi connectivity index (χ2v) is 6.76. The van der Waals surface area contributed by atoms with E-state index in [1.54, 1.807) is 6.92 Å². The average Bonchev–Trinajstić information content (AvgIpc) is 3.06. The maximum atomic E-state index is 12.4. The Morgan fingerprint density at radius 2 is 2.11 bits per heavy atom. The van der Waals surface area contributed by atoms with Gasteiger partial charge in [0, 0.05) is 25.0 Å². The molecule has 2 aromatic heterocycles. The number of nitrogens with one attached hydrogen (secondary N) is 1. The number of H-pyrrole nitrogens is 1. The topological polar surface area (TPSA) is 79.7 Å². The maximum absolute atomic E-state index is 12.4. The lowest BCUT2D eigenvalue weighted by Gasteiger charge is -2.20. The highest BCUT2D eigenvalue weighted by molar-refractivity contribution is 5.95. The summed E-state index contributed by atoms with van der Waals surface area (Å²) in [5.41, 5.74) is 3.14. The van der Waals surface area contributed by atoms with E-state index in [4.69, 9.17) is 4.74 Å². The zero-order valence-corrected chi connectivity index (χ0v) is 16.0. The van der Waals surface area contributed by atoms with Crippen molar-refractivity contribution in [2.24, 2.45) is 0 Å². The summed E-state index contributed by atoms with van der Waals surface area (Å²) in [6.45, 7) is 6.74. The monoisotopic (exact) mass is 368 g/mol. The Kier molecular flexibility index (Phi) is 5.30. The minimum absolute atomic E-state index is 0.250. The number of carbonyl (C=O) groups excluding carboxylic acids is 1. The number of fused-ring (bicyclic) bond motifs is 1. The summed E-state index contributed by atoms with van der Waals surface area (Å²) in [5.74, 6) is -0.0669. The van der Waals surface area contributed by atoms with Crippen molar-refractivity contribution < 1.29 is 9.53 Å². The fourth-order valence-electron chi connectivity index (χ4n) is 2.92. The van der Waals surface area contributed by atoms with Gasteiger partial charge in [-0.05, 0) is 30.5 Å². The fourth-order valence-corrected chi connectivity index (χ4v) is 2.92. The molecular formula is C20H24N4O3. The van der Waals surface area contributed by atoms with E-state index in [2.05, 4.69) is 36.1 Å². The molecule has 0 unspecified atom stereocenters. The van der Waals surface area contributed by atoms with Gasteiger partial charge >= 0.3 is 5.97 Å². The molecule has 0 spiro atoms. The SMILES string of the molecule is CCOC(=O)c1c[nH]n2c(=O)cc(CN(C)c3cccc(C(C)C)c3)nc12. The van der Waals surface area contributed by atoms with Crippen LogP contribution in [0.4, 0.5) is 5.69 Å². The van der Waals surface area contributed by atoms with Crippen LogP contribution >= 0.6 is 0 Å². The third-order valence-electron chi connectivity index (χ3n) is 4.42. The number of esters is 1. The molecule has 0 saturated carbocycles. The van der Waals surface area contributed by atoms with Gasteiger partial charge in [-0.2, -0.15) is 0 Å². The average molecular weight is 368 g/mol. The molecule has 0 radical (unpaired) electrons. The zero-order valence-electron chi connectivity index (χ0n) is 16.0. The van der Waals surface area contributed by atoms with Gasteiger partial charge in [-0.15, -0.1) is 0 Å². The Bertz CT molecular complexity index is 1020. The number of anilines is 1. The molecule has 1 N–H and O–H groups in total. The van der Waals surface area contributed by atoms with E-state index in [1.165, 1.54) is 22.3 Å². The van der Waals surface area contributed by atoms with Gasteiger partial charge in [0.05, 0.1) is 18.8 Å². The molecule has 0 fully saturated rings. The van der Waals surface area contributed by atoms with Crippen LogP contribution in [0, 0.1) is 0 Å². The van der Waals surface area contributed by atoms with Gasteiger partial charge in [-0.1, -0.05) is 26.0 Å². The van der Waals surface area contributed by atoms with E-state index in [1.807, 2.05) is 24.1 Å². The van der Waals surface area contributed by atoms with Crippen molar-refractivity contribution in [1.29, 1.82) is 0 Å². The smallest absolute Gasteiger partial charge is 0.343 e. The van der Waals surface area contributed by atoms with Gasteiger partial charge < -0.3 is 9.64 Å². The van der Waals surface area contributed by atoms with Gasteiger partial charge in [0.25, 0.3) is 5.56 Å². The van der Waals surface area contributed by atoms with Gasteiger partial charge in [0.15, 0.2) is 5.65 Å². The lowest BCUT2D eigenvalue weighted by atomic mass is 10.0. The Hall–Kier alpha value is -3.09. The lowest BCUT2D eigenvalue weighted by Crippen LogP contribution is -2.22. The highest BCUT2D eigenvalue weighted by Crippen LogP contribution is 2.22. The third kappa shape index (κ3) is 3.86. The van der Waals surface area contributed by atoms with E-state index in [0.717, 1.165) is 5.69 Å². The van der Waals surface area contributed by atoms with Crippen molar-refractivity contribution in [1.82, 2.24) is 14.6 Å². The largest absolute Gasteiger partial charge is 0.462 e. The van der Waals surface area contributed by atoms with Crippen LogP contribution in [-0.2, 0) is 11.3 Å². The minimum Gasteiger partial charge on any atom is -0.462 e. The van der Waals surface area contributed by atoms with Crippen LogP contribution in [0.2, 0.25) is 0 Å². The molecule has 142 valence electrons. The summed E-state index contributed by atoms with van der Waals surface area (Å²) in [4.78, 5) is 31.0. The summed E-state index contributed by atoms with van der Waals surface area (Å²) in [7, 11) is 1.95. The van der Waals surface area contributed by atoms with E-state index >= 15 is 0 Å². The number of hydrogen-bond acceptors (Lipinski definition) is 5. The number of rotatable bonds is 6. The van der Waals surface area contributed by atoms with Crippen LogP contribution in [0.5, 0.6) is 0 Å². The molecule has 7 nitrogen and oxygen atoms in total. The number of aromatic amines is 1. The number of benzene rings is 1. The maximum Gasteiger partial charge on any atom is 0.343 e. The van der Waals surface area contributed by atoms with Crippen molar-refractivity contribution in [3.05, 3.63) is 63.7 Å². The molecule has 3 rings (SSSR count). The van der Waals surface area contributed by atoms with Crippen molar-refractivity contribution in [2.75, 3.05) is 18.6 Å². The first-order valence-electron chi connectivity index (χ1n) is 8.99. The third-order valence-corrected chi connectivity index (χ3v) is 4.42. The summed E-state index contributed by atoms with van der Waals surface area (Å²) < 4.78 is 6.28. The molecule has 2 heterocycles. The second-order valence-electron chi connectivity index (χ2n) is 6.76. The molecular weight excluding hydrogens is 344 g/mol. The first kappa shape index (κ1) is 18.7. The van der Waals surface area contributed by atoms with Gasteiger partial charge in [-0.3, -0.25) is 9.89 Å². The quantitative estimate of drug-likeness (QED) is 0.677. The number of aromatic nitrogens is 3. The van der Waals surface area contributed by atoms with Crippen LogP contribution in [0.15, 0.2) is 41.3 Å². The van der Waals surface area contributed by atoms with E-state index < -0.39 is 5.97 Å². The Balaban J connectivity index is 1.93. The standard InChI is InChI=1S/C20H24N4O3/c1-5-27-20(26)17-11-21-24-18(25)10-15(22-19(17)24)12-23(4)16-8-6-7-14(9-16)13(2)3/h6-11,13,21H,5,12H2,1-4H3. The summed E-state index contributed by atoms with van der Waals surface area (Å²) >= 11 is 0. The number of hydrogen-bond donors (Lipinski definition) is 1. The fraction of sp³-hybridized carbons (Fsp3) is 0.350. The van der Waals surface area contributed by atoms with Crippen LogP contribution in [-0.4, -0.2) is 34.2 Å². The first-order valence-corrected chi connectivity index (χ1v) is 8.99. The van der Waals surface area contributed by atoms with Gasteiger partial charge in [0.1, 0.15) is 5.56 Å².